The van der Waals surface area contributed by atoms with Crippen molar-refractivity contribution < 1.29 is 9.59 Å². The quantitative estimate of drug-likeness (QED) is 0.819. The van der Waals surface area contributed by atoms with E-state index in [1.54, 1.807) is 0 Å². The van der Waals surface area contributed by atoms with Crippen LogP contribution in [0.3, 0.4) is 0 Å². The first-order valence-electron chi connectivity index (χ1n) is 8.21. The minimum absolute atomic E-state index is 0.0226. The van der Waals surface area contributed by atoms with Crippen LogP contribution in [-0.2, 0) is 9.59 Å². The highest BCUT2D eigenvalue weighted by atomic mass is 16.2. The molecule has 0 unspecified atom stereocenters. The van der Waals surface area contributed by atoms with Crippen LogP contribution in [0.25, 0.3) is 0 Å². The Labute approximate surface area is 120 Å². The van der Waals surface area contributed by atoms with E-state index in [-0.39, 0.29) is 23.8 Å². The summed E-state index contributed by atoms with van der Waals surface area (Å²) in [6.45, 7) is 0.164. The third-order valence-electron chi connectivity index (χ3n) is 5.87. The maximum absolute atomic E-state index is 12.6. The molecule has 5 rings (SSSR count). The Morgan fingerprint density at radius 2 is 1.50 bits per heavy atom. The van der Waals surface area contributed by atoms with E-state index >= 15 is 0 Å². The van der Waals surface area contributed by atoms with Gasteiger partial charge in [-0.15, -0.1) is 0 Å². The normalized spacial score (nSPS) is 41.5. The monoisotopic (exact) mass is 276 g/mol. The number of hydrogen-bond donors (Lipinski definition) is 2. The second-order valence-electron chi connectivity index (χ2n) is 7.72. The molecule has 4 nitrogen and oxygen atoms in total. The summed E-state index contributed by atoms with van der Waals surface area (Å²) in [5, 5.41) is 5.85. The molecule has 5 aliphatic carbocycles. The van der Waals surface area contributed by atoms with E-state index in [1.165, 1.54) is 19.3 Å². The van der Waals surface area contributed by atoms with Crippen molar-refractivity contribution in [3.63, 3.8) is 0 Å². The number of carbonyl (C=O) groups excluding carboxylic acids is 2. The second kappa shape index (κ2) is 4.47. The van der Waals surface area contributed by atoms with E-state index in [4.69, 9.17) is 0 Å². The first-order valence-corrected chi connectivity index (χ1v) is 8.21. The molecule has 20 heavy (non-hydrogen) atoms. The van der Waals surface area contributed by atoms with E-state index in [1.807, 2.05) is 0 Å². The minimum Gasteiger partial charge on any atom is -0.352 e. The molecule has 0 aromatic heterocycles. The van der Waals surface area contributed by atoms with Gasteiger partial charge in [-0.1, -0.05) is 0 Å². The van der Waals surface area contributed by atoms with Crippen LogP contribution in [0.15, 0.2) is 0 Å². The van der Waals surface area contributed by atoms with E-state index in [0.717, 1.165) is 49.9 Å². The van der Waals surface area contributed by atoms with Gasteiger partial charge in [-0.3, -0.25) is 9.59 Å². The zero-order valence-electron chi connectivity index (χ0n) is 12.0. The molecule has 0 heterocycles. The van der Waals surface area contributed by atoms with Crippen molar-refractivity contribution in [2.75, 3.05) is 6.54 Å². The molecule has 5 aliphatic rings. The minimum atomic E-state index is -0.130. The summed E-state index contributed by atoms with van der Waals surface area (Å²) in [4.78, 5) is 24.3. The molecule has 0 atom stereocenters. The van der Waals surface area contributed by atoms with Crippen LogP contribution < -0.4 is 10.6 Å². The van der Waals surface area contributed by atoms with Gasteiger partial charge >= 0.3 is 0 Å². The van der Waals surface area contributed by atoms with E-state index in [2.05, 4.69) is 10.6 Å². The van der Waals surface area contributed by atoms with Gasteiger partial charge in [-0.05, 0) is 69.1 Å². The molecule has 0 aromatic rings. The van der Waals surface area contributed by atoms with Crippen LogP contribution in [0.1, 0.15) is 51.4 Å². The van der Waals surface area contributed by atoms with E-state index in [9.17, 15) is 9.59 Å². The molecule has 0 radical (unpaired) electrons. The van der Waals surface area contributed by atoms with Gasteiger partial charge in [-0.2, -0.15) is 0 Å². The molecular formula is C16H24N2O2. The van der Waals surface area contributed by atoms with Crippen LogP contribution >= 0.6 is 0 Å². The van der Waals surface area contributed by atoms with Gasteiger partial charge in [0, 0.05) is 11.5 Å². The molecule has 0 aliphatic heterocycles. The summed E-state index contributed by atoms with van der Waals surface area (Å²) in [5.41, 5.74) is -0.130. The lowest BCUT2D eigenvalue weighted by molar-refractivity contribution is -0.147. The first-order chi connectivity index (χ1) is 9.63. The summed E-state index contributed by atoms with van der Waals surface area (Å²) in [7, 11) is 0. The van der Waals surface area contributed by atoms with Crippen molar-refractivity contribution in [3.8, 4) is 0 Å². The van der Waals surface area contributed by atoms with Crippen LogP contribution in [-0.4, -0.2) is 24.4 Å². The van der Waals surface area contributed by atoms with Crippen molar-refractivity contribution in [3.05, 3.63) is 0 Å². The molecule has 0 aromatic carbocycles. The molecule has 0 saturated heterocycles. The zero-order valence-corrected chi connectivity index (χ0v) is 12.0. The molecule has 2 N–H and O–H groups in total. The van der Waals surface area contributed by atoms with Crippen molar-refractivity contribution in [2.24, 2.45) is 23.2 Å². The topological polar surface area (TPSA) is 58.2 Å². The maximum Gasteiger partial charge on any atom is 0.239 e. The van der Waals surface area contributed by atoms with E-state index in [0.29, 0.717) is 6.04 Å². The van der Waals surface area contributed by atoms with Crippen LogP contribution in [0.2, 0.25) is 0 Å². The van der Waals surface area contributed by atoms with E-state index < -0.39 is 0 Å². The van der Waals surface area contributed by atoms with Crippen LogP contribution in [0.5, 0.6) is 0 Å². The molecule has 4 heteroatoms. The number of nitrogens with one attached hydrogen (secondary N) is 2. The lowest BCUT2D eigenvalue weighted by atomic mass is 9.49. The van der Waals surface area contributed by atoms with Crippen molar-refractivity contribution in [2.45, 2.75) is 57.4 Å². The molecular weight excluding hydrogens is 252 g/mol. The third-order valence-corrected chi connectivity index (χ3v) is 5.87. The Bertz CT molecular complexity index is 406. The van der Waals surface area contributed by atoms with Crippen molar-refractivity contribution in [1.82, 2.24) is 10.6 Å². The lowest BCUT2D eigenvalue weighted by Gasteiger charge is -2.55. The first kappa shape index (κ1) is 12.7. The molecule has 5 saturated carbocycles. The lowest BCUT2D eigenvalue weighted by Crippen LogP contribution is -2.54. The molecule has 5 fully saturated rings. The average molecular weight is 276 g/mol. The maximum atomic E-state index is 12.6. The largest absolute Gasteiger partial charge is 0.352 e. The fourth-order valence-corrected chi connectivity index (χ4v) is 5.24. The molecule has 0 spiro atoms. The number of amides is 2. The molecule has 2 amide bonds. The second-order valence-corrected chi connectivity index (χ2v) is 7.72. The smallest absolute Gasteiger partial charge is 0.239 e. The van der Waals surface area contributed by atoms with Gasteiger partial charge in [0.15, 0.2) is 0 Å². The Kier molecular flexibility index (Phi) is 2.83. The Morgan fingerprint density at radius 1 is 0.950 bits per heavy atom. The summed E-state index contributed by atoms with van der Waals surface area (Å²) >= 11 is 0. The molecule has 110 valence electrons. The predicted octanol–water partition coefficient (Wildman–Crippen LogP) is 1.60. The summed E-state index contributed by atoms with van der Waals surface area (Å²) < 4.78 is 0. The SMILES string of the molecule is O=C(CNC(=O)C12CC3CC(CC(C3)C1)C2)NC1CC1. The number of carbonyl (C=O) groups is 2. The van der Waals surface area contributed by atoms with Gasteiger partial charge in [0.05, 0.1) is 6.54 Å². The highest BCUT2D eigenvalue weighted by Crippen LogP contribution is 2.60. The fraction of sp³-hybridized carbons (Fsp3) is 0.875. The van der Waals surface area contributed by atoms with Gasteiger partial charge in [0.2, 0.25) is 11.8 Å². The summed E-state index contributed by atoms with van der Waals surface area (Å²) in [5.74, 6) is 2.44. The Balaban J connectivity index is 1.36. The zero-order chi connectivity index (χ0) is 13.7. The summed E-state index contributed by atoms with van der Waals surface area (Å²) in [6, 6.07) is 0.374. The standard InChI is InChI=1S/C16H24N2O2/c19-14(18-13-1-2-13)9-17-15(20)16-6-10-3-11(7-16)5-12(4-10)8-16/h10-13H,1-9H2,(H,17,20)(H,18,19). The predicted molar refractivity (Wildman–Crippen MR) is 74.8 cm³/mol. The molecule has 4 bridgehead atoms. The van der Waals surface area contributed by atoms with Crippen molar-refractivity contribution in [1.29, 1.82) is 0 Å². The van der Waals surface area contributed by atoms with Gasteiger partial charge in [-0.25, -0.2) is 0 Å². The van der Waals surface area contributed by atoms with Crippen LogP contribution in [0.4, 0.5) is 0 Å². The highest BCUT2D eigenvalue weighted by molar-refractivity contribution is 5.88. The third kappa shape index (κ3) is 2.23. The number of rotatable bonds is 4. The fourth-order valence-electron chi connectivity index (χ4n) is 5.24. The summed E-state index contributed by atoms with van der Waals surface area (Å²) in [6.07, 6.45) is 9.40. The Hall–Kier alpha value is -1.06. The van der Waals surface area contributed by atoms with Gasteiger partial charge in [0.1, 0.15) is 0 Å². The highest BCUT2D eigenvalue weighted by Gasteiger charge is 2.54. The number of hydrogen-bond acceptors (Lipinski definition) is 2. The van der Waals surface area contributed by atoms with Crippen LogP contribution in [0, 0.1) is 23.2 Å². The van der Waals surface area contributed by atoms with Gasteiger partial charge in [0.25, 0.3) is 0 Å². The van der Waals surface area contributed by atoms with Crippen molar-refractivity contribution >= 4 is 11.8 Å². The average Bonchev–Trinajstić information content (AvgIpc) is 3.18. The Morgan fingerprint density at radius 3 is 2.00 bits per heavy atom. The van der Waals surface area contributed by atoms with Gasteiger partial charge < -0.3 is 10.6 Å².